The molecule has 28 heavy (non-hydrogen) atoms. The van der Waals surface area contributed by atoms with E-state index in [1.54, 1.807) is 4.68 Å². The van der Waals surface area contributed by atoms with E-state index in [1.165, 1.54) is 0 Å². The lowest BCUT2D eigenvalue weighted by atomic mass is 9.94. The normalized spacial score (nSPS) is 18.9. The van der Waals surface area contributed by atoms with E-state index in [0.29, 0.717) is 17.2 Å². The maximum absolute atomic E-state index is 13.1. The topological polar surface area (TPSA) is 58.9 Å². The summed E-state index contributed by atoms with van der Waals surface area (Å²) in [5.41, 5.74) is 3.17. The van der Waals surface area contributed by atoms with E-state index in [0.717, 1.165) is 30.8 Å². The van der Waals surface area contributed by atoms with Crippen molar-refractivity contribution in [2.45, 2.75) is 19.4 Å². The lowest BCUT2D eigenvalue weighted by molar-refractivity contribution is 0.0916. The Morgan fingerprint density at radius 3 is 2.46 bits per heavy atom. The van der Waals surface area contributed by atoms with Crippen LogP contribution in [0.5, 0.6) is 0 Å². The number of amides is 1. The number of halogens is 1. The van der Waals surface area contributed by atoms with Gasteiger partial charge >= 0.3 is 0 Å². The average molecular weight is 397 g/mol. The van der Waals surface area contributed by atoms with Crippen LogP contribution in [0.3, 0.4) is 0 Å². The monoisotopic (exact) mass is 396 g/mol. The first-order chi connectivity index (χ1) is 13.2. The average Bonchev–Trinajstić information content (AvgIpc) is 3.17. The van der Waals surface area contributed by atoms with Gasteiger partial charge in [0.15, 0.2) is 0 Å². The van der Waals surface area contributed by atoms with Crippen molar-refractivity contribution in [1.82, 2.24) is 20.4 Å². The Hall–Kier alpha value is -2.63. The second-order valence-corrected chi connectivity index (χ2v) is 7.09. The standard InChI is InChI=1S/C22H24N4O.ClH/c1-16-12-13-23-14-20(16)24-22(27)19-15-26(18-10-6-3-7-11-18)25-21(19)17-8-4-2-5-9-17;/h2-11,15-16,20,23H,12-14H2,1H3,(H,24,27);1H. The predicted molar refractivity (Wildman–Crippen MR) is 114 cm³/mol. The largest absolute Gasteiger partial charge is 0.348 e. The number of nitrogens with one attached hydrogen (secondary N) is 2. The van der Waals surface area contributed by atoms with Gasteiger partial charge in [-0.15, -0.1) is 12.4 Å². The van der Waals surface area contributed by atoms with E-state index in [9.17, 15) is 4.79 Å². The Kier molecular flexibility index (Phi) is 6.49. The van der Waals surface area contributed by atoms with E-state index in [2.05, 4.69) is 17.6 Å². The fraction of sp³-hybridized carbons (Fsp3) is 0.273. The number of piperidine rings is 1. The molecule has 1 amide bonds. The Morgan fingerprint density at radius 1 is 1.11 bits per heavy atom. The van der Waals surface area contributed by atoms with Gasteiger partial charge in [-0.1, -0.05) is 55.5 Å². The number of hydrogen-bond acceptors (Lipinski definition) is 3. The van der Waals surface area contributed by atoms with Crippen molar-refractivity contribution < 1.29 is 4.79 Å². The molecule has 2 N–H and O–H groups in total. The molecular formula is C22H25ClN4O. The second kappa shape index (κ2) is 9.04. The third-order valence-corrected chi connectivity index (χ3v) is 5.17. The molecule has 2 heterocycles. The summed E-state index contributed by atoms with van der Waals surface area (Å²) in [5.74, 6) is 0.385. The molecule has 3 aromatic rings. The van der Waals surface area contributed by atoms with Crippen molar-refractivity contribution in [1.29, 1.82) is 0 Å². The van der Waals surface area contributed by atoms with Crippen molar-refractivity contribution in [2.75, 3.05) is 13.1 Å². The van der Waals surface area contributed by atoms with Crippen LogP contribution >= 0.6 is 12.4 Å². The van der Waals surface area contributed by atoms with Crippen LogP contribution in [0.25, 0.3) is 16.9 Å². The lowest BCUT2D eigenvalue weighted by Crippen LogP contribution is -2.50. The van der Waals surface area contributed by atoms with Crippen molar-refractivity contribution in [3.05, 3.63) is 72.4 Å². The van der Waals surface area contributed by atoms with Crippen LogP contribution in [0.1, 0.15) is 23.7 Å². The fourth-order valence-corrected chi connectivity index (χ4v) is 3.49. The molecule has 2 atom stereocenters. The Bertz CT molecular complexity index is 911. The van der Waals surface area contributed by atoms with E-state index < -0.39 is 0 Å². The van der Waals surface area contributed by atoms with E-state index in [4.69, 9.17) is 5.10 Å². The first-order valence-electron chi connectivity index (χ1n) is 9.44. The molecule has 0 spiro atoms. The number of nitrogens with zero attached hydrogens (tertiary/aromatic N) is 2. The smallest absolute Gasteiger partial charge is 0.255 e. The summed E-state index contributed by atoms with van der Waals surface area (Å²) in [6, 6.07) is 19.9. The van der Waals surface area contributed by atoms with Gasteiger partial charge < -0.3 is 10.6 Å². The number of rotatable bonds is 4. The van der Waals surface area contributed by atoms with Gasteiger partial charge in [0.2, 0.25) is 0 Å². The quantitative estimate of drug-likeness (QED) is 0.707. The molecular weight excluding hydrogens is 372 g/mol. The van der Waals surface area contributed by atoms with Gasteiger partial charge in [-0.3, -0.25) is 4.79 Å². The third-order valence-electron chi connectivity index (χ3n) is 5.17. The van der Waals surface area contributed by atoms with Gasteiger partial charge in [0.1, 0.15) is 5.69 Å². The second-order valence-electron chi connectivity index (χ2n) is 7.09. The molecule has 1 saturated heterocycles. The minimum atomic E-state index is -0.0726. The van der Waals surface area contributed by atoms with Crippen LogP contribution in [0.15, 0.2) is 66.9 Å². The Balaban J connectivity index is 0.00000225. The molecule has 1 aromatic heterocycles. The summed E-state index contributed by atoms with van der Waals surface area (Å²) in [4.78, 5) is 13.1. The first-order valence-corrected chi connectivity index (χ1v) is 9.44. The summed E-state index contributed by atoms with van der Waals surface area (Å²) in [6.45, 7) is 4.01. The number of para-hydroxylation sites is 1. The number of carbonyl (C=O) groups is 1. The van der Waals surface area contributed by atoms with Crippen LogP contribution < -0.4 is 10.6 Å². The number of benzene rings is 2. The van der Waals surface area contributed by atoms with Crippen LogP contribution in [0.2, 0.25) is 0 Å². The molecule has 5 nitrogen and oxygen atoms in total. The zero-order valence-corrected chi connectivity index (χ0v) is 16.7. The fourth-order valence-electron chi connectivity index (χ4n) is 3.49. The summed E-state index contributed by atoms with van der Waals surface area (Å²) in [7, 11) is 0. The maximum Gasteiger partial charge on any atom is 0.255 e. The van der Waals surface area contributed by atoms with Crippen molar-refractivity contribution in [3.63, 3.8) is 0 Å². The van der Waals surface area contributed by atoms with Crippen molar-refractivity contribution in [3.8, 4) is 16.9 Å². The van der Waals surface area contributed by atoms with Crippen LogP contribution in [0.4, 0.5) is 0 Å². The SMILES string of the molecule is CC1CCNCC1NC(=O)c1cn(-c2ccccc2)nc1-c1ccccc1.Cl. The highest BCUT2D eigenvalue weighted by Gasteiger charge is 2.25. The van der Waals surface area contributed by atoms with Gasteiger partial charge in [0.05, 0.1) is 11.3 Å². The Morgan fingerprint density at radius 2 is 1.79 bits per heavy atom. The summed E-state index contributed by atoms with van der Waals surface area (Å²) < 4.78 is 1.78. The zero-order chi connectivity index (χ0) is 18.6. The minimum Gasteiger partial charge on any atom is -0.348 e. The lowest BCUT2D eigenvalue weighted by Gasteiger charge is -2.30. The molecule has 6 heteroatoms. The van der Waals surface area contributed by atoms with E-state index >= 15 is 0 Å². The molecule has 0 bridgehead atoms. The van der Waals surface area contributed by atoms with Crippen LogP contribution in [-0.4, -0.2) is 34.8 Å². The Labute approximate surface area is 171 Å². The molecule has 0 radical (unpaired) electrons. The van der Waals surface area contributed by atoms with E-state index in [-0.39, 0.29) is 24.4 Å². The molecule has 2 unspecified atom stereocenters. The van der Waals surface area contributed by atoms with Gasteiger partial charge in [-0.05, 0) is 31.0 Å². The van der Waals surface area contributed by atoms with Gasteiger partial charge in [0.25, 0.3) is 5.91 Å². The minimum absolute atomic E-state index is 0. The number of carbonyl (C=O) groups excluding carboxylic acids is 1. The first kappa shape index (κ1) is 20.1. The molecule has 146 valence electrons. The molecule has 4 rings (SSSR count). The highest BCUT2D eigenvalue weighted by atomic mass is 35.5. The zero-order valence-electron chi connectivity index (χ0n) is 15.8. The summed E-state index contributed by atoms with van der Waals surface area (Å²) in [5, 5.41) is 11.3. The van der Waals surface area contributed by atoms with Gasteiger partial charge in [0, 0.05) is 24.3 Å². The van der Waals surface area contributed by atoms with Gasteiger partial charge in [-0.2, -0.15) is 5.10 Å². The summed E-state index contributed by atoms with van der Waals surface area (Å²) in [6.07, 6.45) is 2.90. The van der Waals surface area contributed by atoms with Crippen LogP contribution in [-0.2, 0) is 0 Å². The molecule has 0 saturated carbocycles. The molecule has 2 aromatic carbocycles. The highest BCUT2D eigenvalue weighted by Crippen LogP contribution is 2.24. The molecule has 1 fully saturated rings. The maximum atomic E-state index is 13.1. The van der Waals surface area contributed by atoms with Crippen molar-refractivity contribution >= 4 is 18.3 Å². The highest BCUT2D eigenvalue weighted by molar-refractivity contribution is 6.00. The molecule has 1 aliphatic heterocycles. The third kappa shape index (κ3) is 4.26. The summed E-state index contributed by atoms with van der Waals surface area (Å²) >= 11 is 0. The van der Waals surface area contributed by atoms with Crippen LogP contribution in [0, 0.1) is 5.92 Å². The number of aromatic nitrogens is 2. The molecule has 0 aliphatic carbocycles. The molecule has 1 aliphatic rings. The van der Waals surface area contributed by atoms with Gasteiger partial charge in [-0.25, -0.2) is 4.68 Å². The van der Waals surface area contributed by atoms with E-state index in [1.807, 2.05) is 66.9 Å². The number of hydrogen-bond donors (Lipinski definition) is 2. The van der Waals surface area contributed by atoms with Crippen molar-refractivity contribution in [2.24, 2.45) is 5.92 Å². The predicted octanol–water partition coefficient (Wildman–Crippen LogP) is 3.69.